The zero-order valence-corrected chi connectivity index (χ0v) is 18.9. The Morgan fingerprint density at radius 2 is 1.61 bits per heavy atom. The molecule has 0 aliphatic heterocycles. The molecule has 8 heteroatoms. The molecule has 8 nitrogen and oxygen atoms in total. The van der Waals surface area contributed by atoms with Gasteiger partial charge in [0.2, 0.25) is 5.91 Å². The molecule has 1 aliphatic rings. The van der Waals surface area contributed by atoms with Crippen molar-refractivity contribution in [2.75, 3.05) is 20.3 Å². The second-order valence-electron chi connectivity index (χ2n) is 8.07. The number of ether oxygens (including phenoxy) is 2. The molecule has 1 aliphatic carbocycles. The molecular weight excluding hydrogens is 424 g/mol. The molecule has 3 rings (SSSR count). The van der Waals surface area contributed by atoms with Crippen LogP contribution in [0.2, 0.25) is 0 Å². The molecule has 0 radical (unpaired) electrons. The highest BCUT2D eigenvalue weighted by Gasteiger charge is 2.29. The summed E-state index contributed by atoms with van der Waals surface area (Å²) in [7, 11) is 1.36. The van der Waals surface area contributed by atoms with E-state index in [1.54, 1.807) is 0 Å². The minimum atomic E-state index is -1.18. The first-order chi connectivity index (χ1) is 15.9. The predicted molar refractivity (Wildman–Crippen MR) is 123 cm³/mol. The standard InChI is InChI=1S/C25H30N2O6/c1-3-8-16(13-23(28)27-22(15-32-2)24(29)30)26-25(31)33-14-21-19-11-6-4-9-17(19)18-10-5-7-12-20(18)21/h4-7,9-12,16,21-22H,3,8,13-15H2,1-2H3,(H,26,31)(H,27,28)(H,29,30). The summed E-state index contributed by atoms with van der Waals surface area (Å²) in [6.45, 7) is 1.98. The Hall–Kier alpha value is -3.39. The van der Waals surface area contributed by atoms with Crippen molar-refractivity contribution < 1.29 is 29.0 Å². The van der Waals surface area contributed by atoms with Crippen LogP contribution in [-0.2, 0) is 19.1 Å². The lowest BCUT2D eigenvalue weighted by molar-refractivity contribution is -0.143. The van der Waals surface area contributed by atoms with Crippen LogP contribution in [0.25, 0.3) is 11.1 Å². The third-order valence-corrected chi connectivity index (χ3v) is 5.70. The summed E-state index contributed by atoms with van der Waals surface area (Å²) in [5.74, 6) is -1.71. The summed E-state index contributed by atoms with van der Waals surface area (Å²) in [4.78, 5) is 36.1. The molecule has 0 saturated heterocycles. The van der Waals surface area contributed by atoms with Gasteiger partial charge in [-0.05, 0) is 28.7 Å². The SMILES string of the molecule is CCCC(CC(=O)NC(COC)C(=O)O)NC(=O)OCC1c2ccccc2-c2ccccc21. The maximum absolute atomic E-state index is 12.5. The molecule has 176 valence electrons. The Kier molecular flexibility index (Phi) is 8.43. The van der Waals surface area contributed by atoms with E-state index in [0.29, 0.717) is 6.42 Å². The second-order valence-corrected chi connectivity index (χ2v) is 8.07. The van der Waals surface area contributed by atoms with E-state index < -0.39 is 30.1 Å². The minimum absolute atomic E-state index is 0.0501. The van der Waals surface area contributed by atoms with Gasteiger partial charge in [-0.1, -0.05) is 61.9 Å². The predicted octanol–water partition coefficient (Wildman–Crippen LogP) is 3.30. The largest absolute Gasteiger partial charge is 0.480 e. The Labute approximate surface area is 193 Å². The number of carbonyl (C=O) groups is 3. The Morgan fingerprint density at radius 1 is 1.00 bits per heavy atom. The maximum Gasteiger partial charge on any atom is 0.407 e. The molecule has 0 fully saturated rings. The lowest BCUT2D eigenvalue weighted by Crippen LogP contribution is -2.46. The van der Waals surface area contributed by atoms with Gasteiger partial charge in [-0.15, -0.1) is 0 Å². The highest BCUT2D eigenvalue weighted by molar-refractivity contribution is 5.84. The number of alkyl carbamates (subject to hydrolysis) is 1. The van der Waals surface area contributed by atoms with Crippen LogP contribution in [0.4, 0.5) is 4.79 Å². The normalized spacial score (nSPS) is 14.0. The van der Waals surface area contributed by atoms with E-state index in [1.165, 1.54) is 7.11 Å². The molecule has 2 aromatic rings. The molecule has 0 bridgehead atoms. The van der Waals surface area contributed by atoms with Gasteiger partial charge in [-0.25, -0.2) is 9.59 Å². The van der Waals surface area contributed by atoms with Crippen LogP contribution < -0.4 is 10.6 Å². The average Bonchev–Trinajstić information content (AvgIpc) is 3.11. The van der Waals surface area contributed by atoms with Gasteiger partial charge in [0.25, 0.3) is 0 Å². The van der Waals surface area contributed by atoms with E-state index in [2.05, 4.69) is 22.8 Å². The van der Waals surface area contributed by atoms with Crippen molar-refractivity contribution in [3.63, 3.8) is 0 Å². The lowest BCUT2D eigenvalue weighted by Gasteiger charge is -2.20. The van der Waals surface area contributed by atoms with E-state index in [4.69, 9.17) is 14.6 Å². The van der Waals surface area contributed by atoms with Gasteiger partial charge in [0, 0.05) is 25.5 Å². The topological polar surface area (TPSA) is 114 Å². The van der Waals surface area contributed by atoms with Gasteiger partial charge in [-0.3, -0.25) is 4.79 Å². The van der Waals surface area contributed by atoms with Crippen molar-refractivity contribution in [1.29, 1.82) is 0 Å². The van der Waals surface area contributed by atoms with Gasteiger partial charge < -0.3 is 25.2 Å². The number of methoxy groups -OCH3 is 1. The summed E-state index contributed by atoms with van der Waals surface area (Å²) in [5, 5.41) is 14.3. The fraction of sp³-hybridized carbons (Fsp3) is 0.400. The smallest absolute Gasteiger partial charge is 0.407 e. The number of nitrogens with one attached hydrogen (secondary N) is 2. The number of fused-ring (bicyclic) bond motifs is 3. The molecule has 2 aromatic carbocycles. The first-order valence-electron chi connectivity index (χ1n) is 11.1. The molecule has 2 unspecified atom stereocenters. The van der Waals surface area contributed by atoms with Gasteiger partial charge in [0.1, 0.15) is 6.61 Å². The van der Waals surface area contributed by atoms with Gasteiger partial charge in [0.15, 0.2) is 6.04 Å². The van der Waals surface area contributed by atoms with Crippen LogP contribution in [0.1, 0.15) is 43.2 Å². The number of hydrogen-bond acceptors (Lipinski definition) is 5. The van der Waals surface area contributed by atoms with E-state index >= 15 is 0 Å². The van der Waals surface area contributed by atoms with E-state index in [0.717, 1.165) is 28.7 Å². The molecule has 0 saturated carbocycles. The van der Waals surface area contributed by atoms with Crippen LogP contribution in [0, 0.1) is 0 Å². The van der Waals surface area contributed by atoms with Crippen LogP contribution in [0.5, 0.6) is 0 Å². The number of aliphatic carboxylic acids is 1. The van der Waals surface area contributed by atoms with E-state index in [-0.39, 0.29) is 25.6 Å². The Balaban J connectivity index is 1.58. The number of carboxylic acid groups (broad SMARTS) is 1. The molecular formula is C25H30N2O6. The van der Waals surface area contributed by atoms with Gasteiger partial charge in [0.05, 0.1) is 6.61 Å². The van der Waals surface area contributed by atoms with Crippen molar-refractivity contribution in [2.24, 2.45) is 0 Å². The first kappa shape index (κ1) is 24.3. The number of rotatable bonds is 11. The molecule has 0 aromatic heterocycles. The third kappa shape index (κ3) is 6.10. The first-order valence-corrected chi connectivity index (χ1v) is 11.1. The average molecular weight is 455 g/mol. The monoisotopic (exact) mass is 454 g/mol. The zero-order chi connectivity index (χ0) is 23.8. The summed E-state index contributed by atoms with van der Waals surface area (Å²) in [5.41, 5.74) is 4.53. The molecule has 2 amide bonds. The van der Waals surface area contributed by atoms with Crippen molar-refractivity contribution in [3.05, 3.63) is 59.7 Å². The third-order valence-electron chi connectivity index (χ3n) is 5.70. The minimum Gasteiger partial charge on any atom is -0.480 e. The maximum atomic E-state index is 12.5. The van der Waals surface area contributed by atoms with Crippen LogP contribution in [0.3, 0.4) is 0 Å². The lowest BCUT2D eigenvalue weighted by atomic mass is 9.98. The number of benzene rings is 2. The van der Waals surface area contributed by atoms with Crippen molar-refractivity contribution in [2.45, 2.75) is 44.2 Å². The Morgan fingerprint density at radius 3 is 2.15 bits per heavy atom. The molecule has 3 N–H and O–H groups in total. The van der Waals surface area contributed by atoms with E-state index in [1.807, 2.05) is 43.3 Å². The van der Waals surface area contributed by atoms with Crippen LogP contribution in [-0.4, -0.2) is 55.5 Å². The summed E-state index contributed by atoms with van der Waals surface area (Å²) >= 11 is 0. The fourth-order valence-electron chi connectivity index (χ4n) is 4.20. The molecule has 2 atom stereocenters. The molecule has 0 heterocycles. The molecule has 0 spiro atoms. The fourth-order valence-corrected chi connectivity index (χ4v) is 4.20. The summed E-state index contributed by atoms with van der Waals surface area (Å²) < 4.78 is 10.4. The highest BCUT2D eigenvalue weighted by Crippen LogP contribution is 2.44. The van der Waals surface area contributed by atoms with E-state index in [9.17, 15) is 14.4 Å². The zero-order valence-electron chi connectivity index (χ0n) is 18.9. The summed E-state index contributed by atoms with van der Waals surface area (Å²) in [6, 6.07) is 14.6. The number of carbonyl (C=O) groups excluding carboxylic acids is 2. The highest BCUT2D eigenvalue weighted by atomic mass is 16.5. The van der Waals surface area contributed by atoms with Crippen molar-refractivity contribution in [1.82, 2.24) is 10.6 Å². The van der Waals surface area contributed by atoms with Gasteiger partial charge >= 0.3 is 12.1 Å². The van der Waals surface area contributed by atoms with Crippen molar-refractivity contribution in [3.8, 4) is 11.1 Å². The number of hydrogen-bond donors (Lipinski definition) is 3. The quantitative estimate of drug-likeness (QED) is 0.480. The van der Waals surface area contributed by atoms with Gasteiger partial charge in [-0.2, -0.15) is 0 Å². The number of amides is 2. The molecule has 33 heavy (non-hydrogen) atoms. The van der Waals surface area contributed by atoms with Crippen LogP contribution in [0.15, 0.2) is 48.5 Å². The summed E-state index contributed by atoms with van der Waals surface area (Å²) in [6.07, 6.45) is 0.641. The van der Waals surface area contributed by atoms with Crippen LogP contribution >= 0.6 is 0 Å². The van der Waals surface area contributed by atoms with Crippen molar-refractivity contribution >= 4 is 18.0 Å². The second kappa shape index (κ2) is 11.5. The number of carboxylic acids is 1. The Bertz CT molecular complexity index is 947.